The van der Waals surface area contributed by atoms with E-state index >= 15 is 0 Å². The van der Waals surface area contributed by atoms with E-state index < -0.39 is 5.91 Å². The normalized spacial score (nSPS) is 17.6. The maximum atomic E-state index is 12.3. The molecule has 1 unspecified atom stereocenters. The van der Waals surface area contributed by atoms with Crippen molar-refractivity contribution in [2.75, 3.05) is 32.6 Å². The fourth-order valence-electron chi connectivity index (χ4n) is 4.09. The van der Waals surface area contributed by atoms with E-state index in [-0.39, 0.29) is 29.2 Å². The Labute approximate surface area is 190 Å². The van der Waals surface area contributed by atoms with Gasteiger partial charge in [-0.05, 0) is 30.6 Å². The Morgan fingerprint density at radius 2 is 2.21 bits per heavy atom. The molecular weight excluding hydrogens is 424 g/mol. The zero-order valence-corrected chi connectivity index (χ0v) is 18.4. The van der Waals surface area contributed by atoms with Crippen LogP contribution in [0, 0.1) is 11.8 Å². The van der Waals surface area contributed by atoms with E-state index in [1.165, 1.54) is 12.4 Å². The number of aromatic nitrogens is 5. The lowest BCUT2D eigenvalue weighted by atomic mass is 10.1. The summed E-state index contributed by atoms with van der Waals surface area (Å²) in [7, 11) is 3.27. The summed E-state index contributed by atoms with van der Waals surface area (Å²) in [6.07, 6.45) is 5.07. The van der Waals surface area contributed by atoms with E-state index in [0.717, 1.165) is 0 Å². The highest BCUT2D eigenvalue weighted by Crippen LogP contribution is 2.32. The quantitative estimate of drug-likeness (QED) is 0.413. The summed E-state index contributed by atoms with van der Waals surface area (Å²) in [5, 5.41) is 11.7. The van der Waals surface area contributed by atoms with E-state index in [9.17, 15) is 9.59 Å². The van der Waals surface area contributed by atoms with Crippen molar-refractivity contribution in [2.24, 2.45) is 5.73 Å². The Balaban J connectivity index is 1.72. The van der Waals surface area contributed by atoms with E-state index in [1.54, 1.807) is 40.5 Å². The molecule has 1 saturated heterocycles. The van der Waals surface area contributed by atoms with Gasteiger partial charge in [-0.2, -0.15) is 10.2 Å². The van der Waals surface area contributed by atoms with Crippen LogP contribution < -0.4 is 11.1 Å². The number of amides is 2. The average molecular weight is 448 g/mol. The molecule has 2 amide bonds. The monoisotopic (exact) mass is 448 g/mol. The number of carbonyl (C=O) groups is 2. The number of fused-ring (bicyclic) bond motifs is 1. The van der Waals surface area contributed by atoms with Gasteiger partial charge in [-0.3, -0.25) is 9.59 Å². The molecule has 3 N–H and O–H groups in total. The molecule has 1 aliphatic rings. The van der Waals surface area contributed by atoms with E-state index in [2.05, 4.69) is 38.9 Å². The second-order valence-electron chi connectivity index (χ2n) is 7.56. The Hall–Kier alpha value is -4.17. The molecule has 2 atom stereocenters. The number of pyridine rings is 1. The number of anilines is 1. The van der Waals surface area contributed by atoms with Gasteiger partial charge in [0.1, 0.15) is 17.7 Å². The molecule has 3 aromatic rings. The number of likely N-dealkylation sites (tertiary alicyclic amines) is 1. The summed E-state index contributed by atoms with van der Waals surface area (Å²) in [6, 6.07) is 3.27. The van der Waals surface area contributed by atoms with Gasteiger partial charge < -0.3 is 20.7 Å². The Morgan fingerprint density at radius 1 is 1.39 bits per heavy atom. The van der Waals surface area contributed by atoms with Gasteiger partial charge in [0.25, 0.3) is 5.91 Å². The zero-order chi connectivity index (χ0) is 23.5. The van der Waals surface area contributed by atoms with Gasteiger partial charge in [-0.1, -0.05) is 12.5 Å². The minimum Gasteiger partial charge on any atom is -0.383 e. The van der Waals surface area contributed by atoms with Crippen LogP contribution in [0.1, 0.15) is 34.1 Å². The number of carbonyl (C=O) groups excluding carboxylic acids is 2. The zero-order valence-electron chi connectivity index (χ0n) is 18.4. The number of nitrogens with one attached hydrogen (secondary N) is 1. The third-order valence-corrected chi connectivity index (χ3v) is 5.55. The molecule has 0 saturated carbocycles. The lowest BCUT2D eigenvalue weighted by Crippen LogP contribution is -2.37. The molecule has 1 aliphatic heterocycles. The number of hydrogen-bond donors (Lipinski definition) is 2. The SMILES string of the molecule is C=CC(=O)N1CC(n2nc(C#Cc3ccc4ncnn4c3)c(C(N)=O)c2NC)C[C@@H]1COC. The molecule has 0 aliphatic carbocycles. The number of ether oxygens (including phenoxy) is 1. The lowest BCUT2D eigenvalue weighted by Gasteiger charge is -2.22. The molecule has 33 heavy (non-hydrogen) atoms. The molecule has 0 aromatic carbocycles. The molecular formula is C22H24N8O3. The summed E-state index contributed by atoms with van der Waals surface area (Å²) in [5.41, 5.74) is 7.51. The van der Waals surface area contributed by atoms with Crippen molar-refractivity contribution in [1.82, 2.24) is 29.3 Å². The van der Waals surface area contributed by atoms with Crippen LogP contribution in [0.2, 0.25) is 0 Å². The third kappa shape index (κ3) is 4.16. The largest absolute Gasteiger partial charge is 0.383 e. The lowest BCUT2D eigenvalue weighted by molar-refractivity contribution is -0.127. The molecule has 4 heterocycles. The molecule has 11 heteroatoms. The van der Waals surface area contributed by atoms with Gasteiger partial charge >= 0.3 is 0 Å². The predicted octanol–water partition coefficient (Wildman–Crippen LogP) is 0.441. The number of methoxy groups -OCH3 is 1. The van der Waals surface area contributed by atoms with E-state index in [1.807, 2.05) is 6.07 Å². The minimum atomic E-state index is -0.646. The first kappa shape index (κ1) is 22.0. The number of hydrogen-bond acceptors (Lipinski definition) is 7. The molecule has 0 bridgehead atoms. The van der Waals surface area contributed by atoms with Gasteiger partial charge in [-0.25, -0.2) is 14.2 Å². The topological polar surface area (TPSA) is 133 Å². The summed E-state index contributed by atoms with van der Waals surface area (Å²) >= 11 is 0. The van der Waals surface area contributed by atoms with Crippen molar-refractivity contribution in [2.45, 2.75) is 18.5 Å². The maximum absolute atomic E-state index is 12.3. The summed E-state index contributed by atoms with van der Waals surface area (Å²) in [6.45, 7) is 4.36. The fourth-order valence-corrected chi connectivity index (χ4v) is 4.09. The van der Waals surface area contributed by atoms with Gasteiger partial charge in [0, 0.05) is 32.5 Å². The van der Waals surface area contributed by atoms with Crippen molar-refractivity contribution >= 4 is 23.3 Å². The molecule has 11 nitrogen and oxygen atoms in total. The van der Waals surface area contributed by atoms with Crippen LogP contribution in [-0.4, -0.2) is 74.4 Å². The first-order valence-corrected chi connectivity index (χ1v) is 10.3. The molecule has 1 fully saturated rings. The standard InChI is InChI=1S/C22H24N8O3/c1-4-19(31)28-11-15(9-16(28)12-33-3)30-22(24-2)20(21(23)32)17(27-30)7-5-14-6-8-18-25-13-26-29(18)10-14/h4,6,8,10,13,15-16,24H,1,9,11-12H2,2-3H3,(H2,23,32)/t15?,16-/m1/s1. The first-order valence-electron chi connectivity index (χ1n) is 10.3. The Morgan fingerprint density at radius 3 is 2.91 bits per heavy atom. The second kappa shape index (κ2) is 9.13. The van der Waals surface area contributed by atoms with Crippen molar-refractivity contribution in [3.05, 3.63) is 54.1 Å². The van der Waals surface area contributed by atoms with Crippen LogP contribution in [0.4, 0.5) is 5.82 Å². The van der Waals surface area contributed by atoms with Gasteiger partial charge in [0.15, 0.2) is 11.3 Å². The average Bonchev–Trinajstić information content (AvgIpc) is 3.53. The van der Waals surface area contributed by atoms with E-state index in [4.69, 9.17) is 10.5 Å². The minimum absolute atomic E-state index is 0.139. The highest BCUT2D eigenvalue weighted by atomic mass is 16.5. The summed E-state index contributed by atoms with van der Waals surface area (Å²) in [5.74, 6) is 5.59. The molecule has 3 aromatic heterocycles. The van der Waals surface area contributed by atoms with Crippen LogP contribution >= 0.6 is 0 Å². The highest BCUT2D eigenvalue weighted by molar-refractivity contribution is 6.00. The number of primary amides is 1. The van der Waals surface area contributed by atoms with Crippen LogP contribution in [0.5, 0.6) is 0 Å². The summed E-state index contributed by atoms with van der Waals surface area (Å²) in [4.78, 5) is 30.5. The molecule has 170 valence electrons. The van der Waals surface area contributed by atoms with E-state index in [0.29, 0.717) is 36.6 Å². The molecule has 4 rings (SSSR count). The van der Waals surface area contributed by atoms with Crippen molar-refractivity contribution < 1.29 is 14.3 Å². The first-order chi connectivity index (χ1) is 16.0. The van der Waals surface area contributed by atoms with Gasteiger partial charge in [-0.15, -0.1) is 0 Å². The fraction of sp³-hybridized carbons (Fsp3) is 0.318. The number of rotatable bonds is 6. The van der Waals surface area contributed by atoms with Gasteiger partial charge in [0.2, 0.25) is 5.91 Å². The van der Waals surface area contributed by atoms with Crippen molar-refractivity contribution in [3.8, 4) is 11.8 Å². The van der Waals surface area contributed by atoms with Crippen molar-refractivity contribution in [1.29, 1.82) is 0 Å². The van der Waals surface area contributed by atoms with Crippen LogP contribution in [0.15, 0.2) is 37.3 Å². The smallest absolute Gasteiger partial charge is 0.255 e. The molecule has 0 spiro atoms. The number of nitrogens with two attached hydrogens (primary N) is 1. The Bertz CT molecular complexity index is 1280. The van der Waals surface area contributed by atoms with Gasteiger partial charge in [0.05, 0.1) is 18.7 Å². The summed E-state index contributed by atoms with van der Waals surface area (Å²) < 4.78 is 8.58. The maximum Gasteiger partial charge on any atom is 0.255 e. The highest BCUT2D eigenvalue weighted by Gasteiger charge is 2.37. The predicted molar refractivity (Wildman–Crippen MR) is 120 cm³/mol. The van der Waals surface area contributed by atoms with Crippen LogP contribution in [0.25, 0.3) is 5.65 Å². The van der Waals surface area contributed by atoms with Crippen LogP contribution in [-0.2, 0) is 9.53 Å². The van der Waals surface area contributed by atoms with Crippen LogP contribution in [0.3, 0.4) is 0 Å². The third-order valence-electron chi connectivity index (χ3n) is 5.55. The van der Waals surface area contributed by atoms with Crippen molar-refractivity contribution in [3.63, 3.8) is 0 Å². The molecule has 0 radical (unpaired) electrons. The second-order valence-corrected chi connectivity index (χ2v) is 7.56. The number of nitrogens with zero attached hydrogens (tertiary/aromatic N) is 6. The Kier molecular flexibility index (Phi) is 6.10.